The monoisotopic (exact) mass is 446 g/mol. The maximum atomic E-state index is 13.3. The van der Waals surface area contributed by atoms with Crippen LogP contribution in [0, 0.1) is 15.5 Å². The van der Waals surface area contributed by atoms with E-state index in [0.717, 1.165) is 28.3 Å². The number of ketones is 1. The smallest absolute Gasteiger partial charge is 0.280 e. The Labute approximate surface area is 189 Å². The number of benzene rings is 2. The van der Waals surface area contributed by atoms with Gasteiger partial charge in [-0.3, -0.25) is 14.9 Å². The molecule has 0 bridgehead atoms. The van der Waals surface area contributed by atoms with Gasteiger partial charge in [0.1, 0.15) is 11.5 Å². The topological polar surface area (TPSA) is 85.4 Å². The van der Waals surface area contributed by atoms with Gasteiger partial charge in [-0.05, 0) is 42.2 Å². The third kappa shape index (κ3) is 3.62. The number of hydrogen-bond donors (Lipinski definition) is 1. The molecular formula is C25H22N2O4S. The van der Waals surface area contributed by atoms with Crippen molar-refractivity contribution in [3.63, 3.8) is 0 Å². The van der Waals surface area contributed by atoms with Crippen LogP contribution < -0.4 is 5.32 Å². The molecule has 2 heterocycles. The minimum Gasteiger partial charge on any atom is -0.459 e. The fourth-order valence-electron chi connectivity index (χ4n) is 4.45. The number of thioether (sulfide) groups is 1. The van der Waals surface area contributed by atoms with Crippen molar-refractivity contribution < 1.29 is 14.1 Å². The number of furan rings is 1. The van der Waals surface area contributed by atoms with Crippen LogP contribution in [0.15, 0.2) is 81.2 Å². The van der Waals surface area contributed by atoms with Crippen LogP contribution in [0.3, 0.4) is 0 Å². The molecule has 1 unspecified atom stereocenters. The van der Waals surface area contributed by atoms with E-state index >= 15 is 0 Å². The minimum atomic E-state index is -0.411. The fourth-order valence-corrected chi connectivity index (χ4v) is 5.74. The summed E-state index contributed by atoms with van der Waals surface area (Å²) in [4.78, 5) is 25.4. The molecule has 0 radical (unpaired) electrons. The third-order valence-electron chi connectivity index (χ3n) is 5.85. The molecule has 7 heteroatoms. The number of carbonyl (C=O) groups excluding carboxylic acids is 1. The van der Waals surface area contributed by atoms with Gasteiger partial charge in [-0.25, -0.2) is 0 Å². The molecule has 3 aromatic rings. The van der Waals surface area contributed by atoms with Gasteiger partial charge in [0.05, 0.1) is 21.4 Å². The lowest BCUT2D eigenvalue weighted by Gasteiger charge is -2.33. The molecule has 1 atom stereocenters. The van der Waals surface area contributed by atoms with Gasteiger partial charge >= 0.3 is 0 Å². The largest absolute Gasteiger partial charge is 0.459 e. The lowest BCUT2D eigenvalue weighted by atomic mass is 9.75. The van der Waals surface area contributed by atoms with E-state index in [1.54, 1.807) is 36.0 Å². The summed E-state index contributed by atoms with van der Waals surface area (Å²) >= 11 is 1.57. The fraction of sp³-hybridized carbons (Fsp3) is 0.240. The standard InChI is InChI=1S/C25H22N2O4S/c1-25(2)13-17-23(19(28)14-25)24(32-22-10-6-4-8-16(22)26-17)21-12-11-20(31-21)15-7-3-5-9-18(15)27(29)30/h3-12,24,26H,13-14H2,1-2H3. The molecule has 162 valence electrons. The molecule has 2 aliphatic rings. The van der Waals surface area contributed by atoms with Crippen LogP contribution >= 0.6 is 11.8 Å². The number of fused-ring (bicyclic) bond motifs is 1. The zero-order chi connectivity index (χ0) is 22.5. The number of para-hydroxylation sites is 2. The second-order valence-corrected chi connectivity index (χ2v) is 10.1. The number of allylic oxidation sites excluding steroid dienone is 1. The normalized spacial score (nSPS) is 19.6. The highest BCUT2D eigenvalue weighted by Crippen LogP contribution is 2.52. The number of nitrogens with zero attached hydrogens (tertiary/aromatic N) is 1. The molecule has 0 amide bonds. The van der Waals surface area contributed by atoms with Crippen LogP contribution in [0.25, 0.3) is 11.3 Å². The second kappa shape index (κ2) is 7.67. The molecule has 1 aliphatic carbocycles. The van der Waals surface area contributed by atoms with Crippen LogP contribution in [-0.4, -0.2) is 10.7 Å². The first kappa shape index (κ1) is 20.6. The van der Waals surface area contributed by atoms with Crippen molar-refractivity contribution >= 4 is 28.9 Å². The summed E-state index contributed by atoms with van der Waals surface area (Å²) in [5, 5.41) is 14.7. The van der Waals surface area contributed by atoms with Crippen molar-refractivity contribution in [3.05, 3.63) is 87.8 Å². The lowest BCUT2D eigenvalue weighted by Crippen LogP contribution is -2.29. The van der Waals surface area contributed by atoms with Crippen LogP contribution in [0.4, 0.5) is 11.4 Å². The number of anilines is 1. The summed E-state index contributed by atoms with van der Waals surface area (Å²) in [6.07, 6.45) is 1.23. The molecule has 1 aliphatic heterocycles. The van der Waals surface area contributed by atoms with Gasteiger partial charge in [0, 0.05) is 28.7 Å². The molecule has 0 saturated carbocycles. The van der Waals surface area contributed by atoms with E-state index in [9.17, 15) is 14.9 Å². The number of rotatable bonds is 3. The summed E-state index contributed by atoms with van der Waals surface area (Å²) in [6, 6.07) is 18.1. The van der Waals surface area contributed by atoms with Crippen molar-refractivity contribution in [2.45, 2.75) is 36.8 Å². The van der Waals surface area contributed by atoms with Gasteiger partial charge in [-0.1, -0.05) is 38.1 Å². The van der Waals surface area contributed by atoms with Gasteiger partial charge in [0.2, 0.25) is 0 Å². The van der Waals surface area contributed by atoms with Gasteiger partial charge in [-0.2, -0.15) is 0 Å². The SMILES string of the molecule is CC1(C)CC(=O)C2=C(C1)Nc1ccccc1SC2c1ccc(-c2ccccc2[N+](=O)[O-])o1. The Morgan fingerprint density at radius 1 is 1.06 bits per heavy atom. The molecule has 2 aromatic carbocycles. The number of Topliss-reactive ketones (excluding diaryl/α,β-unsaturated/α-hetero) is 1. The maximum Gasteiger partial charge on any atom is 0.280 e. The van der Waals surface area contributed by atoms with Gasteiger partial charge < -0.3 is 9.73 Å². The molecule has 1 aromatic heterocycles. The number of nitrogens with one attached hydrogen (secondary N) is 1. The highest BCUT2D eigenvalue weighted by atomic mass is 32.2. The Bertz CT molecular complexity index is 1270. The predicted octanol–water partition coefficient (Wildman–Crippen LogP) is 6.76. The highest BCUT2D eigenvalue weighted by molar-refractivity contribution is 8.00. The Balaban J connectivity index is 1.62. The lowest BCUT2D eigenvalue weighted by molar-refractivity contribution is -0.384. The van der Waals surface area contributed by atoms with E-state index in [2.05, 4.69) is 19.2 Å². The van der Waals surface area contributed by atoms with Crippen molar-refractivity contribution in [1.29, 1.82) is 0 Å². The number of carbonyl (C=O) groups is 1. The van der Waals surface area contributed by atoms with E-state index in [1.807, 2.05) is 30.3 Å². The van der Waals surface area contributed by atoms with E-state index < -0.39 is 4.92 Å². The Morgan fingerprint density at radius 3 is 2.62 bits per heavy atom. The molecule has 0 fully saturated rings. The van der Waals surface area contributed by atoms with Crippen molar-refractivity contribution in [1.82, 2.24) is 0 Å². The van der Waals surface area contributed by atoms with Gasteiger partial charge in [-0.15, -0.1) is 11.8 Å². The first-order chi connectivity index (χ1) is 15.3. The molecular weight excluding hydrogens is 424 g/mol. The number of nitro benzene ring substituents is 1. The van der Waals surface area contributed by atoms with E-state index in [0.29, 0.717) is 23.5 Å². The molecule has 5 rings (SSSR count). The van der Waals surface area contributed by atoms with Crippen molar-refractivity contribution in [2.75, 3.05) is 5.32 Å². The Kier molecular flexibility index (Phi) is 4.93. The minimum absolute atomic E-state index is 0.00988. The summed E-state index contributed by atoms with van der Waals surface area (Å²) in [6.45, 7) is 4.21. The molecule has 0 saturated heterocycles. The van der Waals surface area contributed by atoms with E-state index in [4.69, 9.17) is 4.42 Å². The maximum absolute atomic E-state index is 13.3. The summed E-state index contributed by atoms with van der Waals surface area (Å²) in [5.74, 6) is 1.14. The average molecular weight is 447 g/mol. The predicted molar refractivity (Wildman–Crippen MR) is 125 cm³/mol. The van der Waals surface area contributed by atoms with E-state index in [1.165, 1.54) is 6.07 Å². The van der Waals surface area contributed by atoms with Gasteiger partial charge in [0.25, 0.3) is 5.69 Å². The second-order valence-electron chi connectivity index (χ2n) is 8.93. The van der Waals surface area contributed by atoms with Crippen LogP contribution in [0.5, 0.6) is 0 Å². The van der Waals surface area contributed by atoms with Gasteiger partial charge in [0.15, 0.2) is 5.78 Å². The molecule has 32 heavy (non-hydrogen) atoms. The first-order valence-corrected chi connectivity index (χ1v) is 11.3. The van der Waals surface area contributed by atoms with Crippen LogP contribution in [0.1, 0.15) is 37.7 Å². The zero-order valence-corrected chi connectivity index (χ0v) is 18.6. The Hall–Kier alpha value is -3.32. The molecule has 6 nitrogen and oxygen atoms in total. The van der Waals surface area contributed by atoms with Crippen molar-refractivity contribution in [2.24, 2.45) is 5.41 Å². The summed E-state index contributed by atoms with van der Waals surface area (Å²) in [5.41, 5.74) is 2.92. The zero-order valence-electron chi connectivity index (χ0n) is 17.8. The third-order valence-corrected chi connectivity index (χ3v) is 7.16. The van der Waals surface area contributed by atoms with Crippen LogP contribution in [-0.2, 0) is 4.79 Å². The van der Waals surface area contributed by atoms with Crippen molar-refractivity contribution in [3.8, 4) is 11.3 Å². The number of hydrogen-bond acceptors (Lipinski definition) is 6. The average Bonchev–Trinajstić information content (AvgIpc) is 3.16. The Morgan fingerprint density at radius 2 is 1.81 bits per heavy atom. The summed E-state index contributed by atoms with van der Waals surface area (Å²) in [7, 11) is 0. The first-order valence-electron chi connectivity index (χ1n) is 10.4. The number of nitro groups is 1. The molecule has 1 N–H and O–H groups in total. The highest BCUT2D eigenvalue weighted by Gasteiger charge is 2.40. The quantitative estimate of drug-likeness (QED) is 0.353. The van der Waals surface area contributed by atoms with Crippen LogP contribution in [0.2, 0.25) is 0 Å². The van der Waals surface area contributed by atoms with E-state index in [-0.39, 0.29) is 22.1 Å². The molecule has 0 spiro atoms. The summed E-state index contributed by atoms with van der Waals surface area (Å²) < 4.78 is 6.18.